The molecule has 0 saturated carbocycles. The maximum absolute atomic E-state index is 12.8. The number of amides is 1. The lowest BCUT2D eigenvalue weighted by Gasteiger charge is -2.25. The van der Waals surface area contributed by atoms with Crippen LogP contribution in [-0.2, 0) is 11.8 Å². The van der Waals surface area contributed by atoms with Crippen LogP contribution in [0.15, 0.2) is 35.1 Å². The third kappa shape index (κ3) is 3.28. The number of anilines is 1. The number of benzene rings is 1. The third-order valence-corrected chi connectivity index (χ3v) is 4.63. The maximum Gasteiger partial charge on any atom is 0.295 e. The van der Waals surface area contributed by atoms with Crippen molar-refractivity contribution >= 4 is 11.6 Å². The molecule has 2 heterocycles. The van der Waals surface area contributed by atoms with Crippen molar-refractivity contribution in [1.29, 1.82) is 0 Å². The third-order valence-electron chi connectivity index (χ3n) is 4.63. The zero-order valence-electron chi connectivity index (χ0n) is 14.3. The normalized spacial score (nSPS) is 15.4. The van der Waals surface area contributed by atoms with E-state index >= 15 is 0 Å². The fourth-order valence-corrected chi connectivity index (χ4v) is 3.21. The largest absolute Gasteiger partial charge is 0.319 e. The van der Waals surface area contributed by atoms with Crippen molar-refractivity contribution < 1.29 is 4.79 Å². The van der Waals surface area contributed by atoms with E-state index in [1.165, 1.54) is 6.42 Å². The van der Waals surface area contributed by atoms with Gasteiger partial charge < -0.3 is 5.32 Å². The molecule has 0 atom stereocenters. The summed E-state index contributed by atoms with van der Waals surface area (Å²) in [7, 11) is 1.82. The number of piperidine rings is 1. The van der Waals surface area contributed by atoms with E-state index in [1.807, 2.05) is 44.3 Å². The standard InChI is InChI=1S/C18H24N4O2/c1-14-17(19-16(23)13-21-11-7-4-8-12-21)18(24)22(20(14)2)15-9-5-3-6-10-15/h3,5-6,9-10H,4,7-8,11-13H2,1-2H3,(H,19,23). The summed E-state index contributed by atoms with van der Waals surface area (Å²) < 4.78 is 3.35. The lowest BCUT2D eigenvalue weighted by Crippen LogP contribution is -2.37. The monoisotopic (exact) mass is 328 g/mol. The topological polar surface area (TPSA) is 59.3 Å². The van der Waals surface area contributed by atoms with E-state index in [4.69, 9.17) is 0 Å². The van der Waals surface area contributed by atoms with E-state index in [1.54, 1.807) is 9.36 Å². The maximum atomic E-state index is 12.8. The molecule has 1 aliphatic rings. The van der Waals surface area contributed by atoms with Crippen LogP contribution in [0.4, 0.5) is 5.69 Å². The first-order chi connectivity index (χ1) is 11.6. The molecule has 6 nitrogen and oxygen atoms in total. The minimum absolute atomic E-state index is 0.122. The smallest absolute Gasteiger partial charge is 0.295 e. The SMILES string of the molecule is Cc1c(NC(=O)CN2CCCCC2)c(=O)n(-c2ccccc2)n1C. The van der Waals surface area contributed by atoms with Crippen LogP contribution in [0.2, 0.25) is 0 Å². The number of nitrogens with zero attached hydrogens (tertiary/aromatic N) is 3. The summed E-state index contributed by atoms with van der Waals surface area (Å²) in [6.45, 7) is 4.10. The highest BCUT2D eigenvalue weighted by Gasteiger charge is 2.20. The second-order valence-corrected chi connectivity index (χ2v) is 6.32. The summed E-state index contributed by atoms with van der Waals surface area (Å²) in [6, 6.07) is 9.43. The number of carbonyl (C=O) groups excluding carboxylic acids is 1. The van der Waals surface area contributed by atoms with Gasteiger partial charge in [-0.3, -0.25) is 19.2 Å². The average Bonchev–Trinajstić information content (AvgIpc) is 2.80. The molecule has 0 aliphatic carbocycles. The molecule has 0 spiro atoms. The van der Waals surface area contributed by atoms with Gasteiger partial charge in [-0.2, -0.15) is 0 Å². The van der Waals surface area contributed by atoms with Crippen molar-refractivity contribution in [3.05, 3.63) is 46.4 Å². The molecular formula is C18H24N4O2. The summed E-state index contributed by atoms with van der Waals surface area (Å²) in [4.78, 5) is 27.2. The van der Waals surface area contributed by atoms with Gasteiger partial charge in [-0.25, -0.2) is 4.68 Å². The summed E-state index contributed by atoms with van der Waals surface area (Å²) in [5.74, 6) is -0.122. The van der Waals surface area contributed by atoms with Crippen LogP contribution < -0.4 is 10.9 Å². The minimum Gasteiger partial charge on any atom is -0.319 e. The van der Waals surface area contributed by atoms with Crippen LogP contribution in [0.25, 0.3) is 5.69 Å². The van der Waals surface area contributed by atoms with Crippen molar-refractivity contribution in [3.8, 4) is 5.69 Å². The average molecular weight is 328 g/mol. The van der Waals surface area contributed by atoms with Gasteiger partial charge >= 0.3 is 0 Å². The summed E-state index contributed by atoms with van der Waals surface area (Å²) in [5, 5.41) is 2.82. The second-order valence-electron chi connectivity index (χ2n) is 6.32. The zero-order valence-corrected chi connectivity index (χ0v) is 14.3. The number of hydrogen-bond acceptors (Lipinski definition) is 3. The number of likely N-dealkylation sites (tertiary alicyclic amines) is 1. The van der Waals surface area contributed by atoms with E-state index < -0.39 is 0 Å². The first kappa shape index (κ1) is 16.5. The van der Waals surface area contributed by atoms with Gasteiger partial charge in [-0.15, -0.1) is 0 Å². The van der Waals surface area contributed by atoms with Crippen molar-refractivity contribution in [1.82, 2.24) is 14.3 Å². The van der Waals surface area contributed by atoms with E-state index in [0.29, 0.717) is 12.2 Å². The Labute approximate surface area is 141 Å². The summed E-state index contributed by atoms with van der Waals surface area (Å²) >= 11 is 0. The number of hydrogen-bond donors (Lipinski definition) is 1. The number of nitrogens with one attached hydrogen (secondary N) is 1. The second kappa shape index (κ2) is 7.05. The Kier molecular flexibility index (Phi) is 4.85. The molecule has 1 saturated heterocycles. The van der Waals surface area contributed by atoms with Gasteiger partial charge in [0.25, 0.3) is 5.56 Å². The molecule has 1 aromatic carbocycles. The van der Waals surface area contributed by atoms with Crippen LogP contribution in [-0.4, -0.2) is 39.8 Å². The first-order valence-electron chi connectivity index (χ1n) is 8.44. The molecule has 1 aromatic heterocycles. The van der Waals surface area contributed by atoms with Gasteiger partial charge in [0.1, 0.15) is 5.69 Å². The van der Waals surface area contributed by atoms with Crippen LogP contribution in [0, 0.1) is 6.92 Å². The molecule has 0 unspecified atom stereocenters. The van der Waals surface area contributed by atoms with E-state index in [0.717, 1.165) is 37.3 Å². The van der Waals surface area contributed by atoms with Gasteiger partial charge in [0, 0.05) is 7.05 Å². The molecule has 1 amide bonds. The molecule has 2 aromatic rings. The van der Waals surface area contributed by atoms with Crippen LogP contribution >= 0.6 is 0 Å². The molecule has 3 rings (SSSR count). The highest BCUT2D eigenvalue weighted by atomic mass is 16.2. The van der Waals surface area contributed by atoms with E-state index in [-0.39, 0.29) is 11.5 Å². The Bertz CT molecular complexity index is 770. The molecule has 1 N–H and O–H groups in total. The van der Waals surface area contributed by atoms with Gasteiger partial charge in [0.2, 0.25) is 5.91 Å². The van der Waals surface area contributed by atoms with Crippen molar-refractivity contribution in [2.45, 2.75) is 26.2 Å². The van der Waals surface area contributed by atoms with E-state index in [9.17, 15) is 9.59 Å². The van der Waals surface area contributed by atoms with Gasteiger partial charge in [0.05, 0.1) is 17.9 Å². The molecule has 0 radical (unpaired) electrons. The Morgan fingerprint density at radius 2 is 1.79 bits per heavy atom. The lowest BCUT2D eigenvalue weighted by atomic mass is 10.1. The van der Waals surface area contributed by atoms with Gasteiger partial charge in [-0.1, -0.05) is 24.6 Å². The molecule has 1 aliphatic heterocycles. The predicted octanol–water partition coefficient (Wildman–Crippen LogP) is 1.91. The Morgan fingerprint density at radius 1 is 1.12 bits per heavy atom. The molecule has 1 fully saturated rings. The minimum atomic E-state index is -0.201. The Morgan fingerprint density at radius 3 is 2.46 bits per heavy atom. The highest BCUT2D eigenvalue weighted by molar-refractivity contribution is 5.92. The van der Waals surface area contributed by atoms with Crippen molar-refractivity contribution in [2.75, 3.05) is 25.0 Å². The van der Waals surface area contributed by atoms with Crippen LogP contribution in [0.1, 0.15) is 25.0 Å². The van der Waals surface area contributed by atoms with Gasteiger partial charge in [0.15, 0.2) is 0 Å². The first-order valence-corrected chi connectivity index (χ1v) is 8.44. The quantitative estimate of drug-likeness (QED) is 0.933. The summed E-state index contributed by atoms with van der Waals surface area (Å²) in [5.41, 5.74) is 1.69. The molecule has 128 valence electrons. The van der Waals surface area contributed by atoms with Crippen LogP contribution in [0.5, 0.6) is 0 Å². The fraction of sp³-hybridized carbons (Fsp3) is 0.444. The van der Waals surface area contributed by atoms with Crippen molar-refractivity contribution in [3.63, 3.8) is 0 Å². The Balaban J connectivity index is 1.81. The highest BCUT2D eigenvalue weighted by Crippen LogP contribution is 2.14. The van der Waals surface area contributed by atoms with Crippen molar-refractivity contribution in [2.24, 2.45) is 7.05 Å². The number of aromatic nitrogens is 2. The molecule has 24 heavy (non-hydrogen) atoms. The molecule has 6 heteroatoms. The molecule has 0 bridgehead atoms. The van der Waals surface area contributed by atoms with Gasteiger partial charge in [-0.05, 0) is 45.0 Å². The number of rotatable bonds is 4. The summed E-state index contributed by atoms with van der Waals surface area (Å²) in [6.07, 6.45) is 3.51. The fourth-order valence-electron chi connectivity index (χ4n) is 3.21. The molecular weight excluding hydrogens is 304 g/mol. The predicted molar refractivity (Wildman–Crippen MR) is 94.7 cm³/mol. The van der Waals surface area contributed by atoms with Crippen LogP contribution in [0.3, 0.4) is 0 Å². The number of para-hydroxylation sites is 1. The lowest BCUT2D eigenvalue weighted by molar-refractivity contribution is -0.117. The van der Waals surface area contributed by atoms with E-state index in [2.05, 4.69) is 10.2 Å². The number of carbonyl (C=O) groups is 1. The zero-order chi connectivity index (χ0) is 17.1. The Hall–Kier alpha value is -2.34.